The van der Waals surface area contributed by atoms with Crippen molar-refractivity contribution in [3.63, 3.8) is 0 Å². The van der Waals surface area contributed by atoms with Gasteiger partial charge in [-0.1, -0.05) is 5.16 Å². The van der Waals surface area contributed by atoms with Crippen LogP contribution in [0.15, 0.2) is 47.2 Å². The molecule has 0 radical (unpaired) electrons. The van der Waals surface area contributed by atoms with Crippen LogP contribution in [-0.2, 0) is 19.3 Å². The van der Waals surface area contributed by atoms with Crippen molar-refractivity contribution >= 4 is 28.8 Å². The van der Waals surface area contributed by atoms with Gasteiger partial charge in [0.2, 0.25) is 0 Å². The molecule has 1 atom stereocenters. The number of ether oxygens (including phenoxy) is 3. The van der Waals surface area contributed by atoms with Crippen LogP contribution in [0.1, 0.15) is 45.9 Å². The Labute approximate surface area is 264 Å². The van der Waals surface area contributed by atoms with Crippen molar-refractivity contribution in [1.29, 1.82) is 0 Å². The monoisotopic (exact) mass is 652 g/mol. The normalized spacial score (nSPS) is 13.6. The topological polar surface area (TPSA) is 170 Å². The molecule has 3 amide bonds. The lowest BCUT2D eigenvalue weighted by atomic mass is 10.1. The smallest absolute Gasteiger partial charge is 0.416 e. The zero-order chi connectivity index (χ0) is 33.5. The van der Waals surface area contributed by atoms with Gasteiger partial charge in [-0.25, -0.2) is 19.7 Å². The summed E-state index contributed by atoms with van der Waals surface area (Å²) >= 11 is 0. The number of nitrogens with zero attached hydrogens (tertiary/aromatic N) is 5. The van der Waals surface area contributed by atoms with Crippen LogP contribution in [0, 0.1) is 0 Å². The standard InChI is InChI=1S/C30H27F3N8O6/c1-14(22-10-21(40-47-22)27-37-19-6-5-15(30(31,32)33)7-20(19)38-27)36-28(42)25-18-12-41(29(43)39-26(18)35-13-34-25)11-17-23(45-3)8-16(44-2)9-24(17)46-4/h5-10,13-14H,11-12H2,1-4H3,(H,36,42)(H,37,38)(H,34,35,39,43)/t14-/m1/s1. The number of imidazole rings is 1. The Morgan fingerprint density at radius 3 is 2.51 bits per heavy atom. The number of nitrogens with one attached hydrogen (secondary N) is 3. The van der Waals surface area contributed by atoms with E-state index in [-0.39, 0.29) is 47.4 Å². The maximum atomic E-state index is 13.5. The molecule has 244 valence electrons. The minimum Gasteiger partial charge on any atom is -0.496 e. The second-order valence-corrected chi connectivity index (χ2v) is 10.5. The largest absolute Gasteiger partial charge is 0.496 e. The quantitative estimate of drug-likeness (QED) is 0.195. The molecule has 0 bridgehead atoms. The fourth-order valence-corrected chi connectivity index (χ4v) is 5.11. The average molecular weight is 653 g/mol. The molecule has 5 aromatic rings. The number of carbonyl (C=O) groups is 2. The number of urea groups is 1. The molecule has 0 aliphatic carbocycles. The van der Waals surface area contributed by atoms with E-state index in [2.05, 4.69) is 35.7 Å². The lowest BCUT2D eigenvalue weighted by molar-refractivity contribution is -0.137. The summed E-state index contributed by atoms with van der Waals surface area (Å²) in [5.41, 5.74) is 0.897. The first kappa shape index (κ1) is 31.1. The molecule has 4 heterocycles. The zero-order valence-corrected chi connectivity index (χ0v) is 25.4. The van der Waals surface area contributed by atoms with E-state index >= 15 is 0 Å². The Balaban J connectivity index is 1.20. The van der Waals surface area contributed by atoms with Gasteiger partial charge in [-0.3, -0.25) is 10.1 Å². The Morgan fingerprint density at radius 2 is 1.83 bits per heavy atom. The van der Waals surface area contributed by atoms with Crippen LogP contribution in [0.5, 0.6) is 17.2 Å². The molecule has 0 spiro atoms. The lowest BCUT2D eigenvalue weighted by Gasteiger charge is -2.30. The van der Waals surface area contributed by atoms with Gasteiger partial charge in [0.1, 0.15) is 40.8 Å². The highest BCUT2D eigenvalue weighted by Gasteiger charge is 2.32. The number of amides is 3. The number of H-pyrrole nitrogens is 1. The number of aromatic amines is 1. The first-order valence-electron chi connectivity index (χ1n) is 14.0. The summed E-state index contributed by atoms with van der Waals surface area (Å²) in [5.74, 6) is 1.45. The molecule has 0 fully saturated rings. The predicted octanol–water partition coefficient (Wildman–Crippen LogP) is 5.09. The number of carbonyl (C=O) groups excluding carboxylic acids is 2. The van der Waals surface area contributed by atoms with Gasteiger partial charge < -0.3 is 33.9 Å². The number of hydrogen-bond donors (Lipinski definition) is 3. The first-order chi connectivity index (χ1) is 22.5. The Bertz CT molecular complexity index is 1970. The molecule has 1 aliphatic rings. The fraction of sp³-hybridized carbons (Fsp3) is 0.267. The Kier molecular flexibility index (Phi) is 8.04. The summed E-state index contributed by atoms with van der Waals surface area (Å²) in [5, 5.41) is 9.47. The minimum atomic E-state index is -4.50. The van der Waals surface area contributed by atoms with Crippen LogP contribution in [0.25, 0.3) is 22.6 Å². The molecule has 1 aliphatic heterocycles. The van der Waals surface area contributed by atoms with Crippen LogP contribution in [0.2, 0.25) is 0 Å². The van der Waals surface area contributed by atoms with Crippen LogP contribution in [-0.4, -0.2) is 63.3 Å². The van der Waals surface area contributed by atoms with E-state index in [0.717, 1.165) is 12.1 Å². The number of methoxy groups -OCH3 is 3. The van der Waals surface area contributed by atoms with Crippen molar-refractivity contribution < 1.29 is 41.5 Å². The van der Waals surface area contributed by atoms with Gasteiger partial charge in [-0.15, -0.1) is 0 Å². The molecule has 0 unspecified atom stereocenters. The first-order valence-corrected chi connectivity index (χ1v) is 14.0. The SMILES string of the molecule is COc1cc(OC)c(CN2Cc3c(ncnc3C(=O)N[C@H](C)c3cc(-c4nc5ccc(C(F)(F)F)cc5[nH]4)no3)NC2=O)c(OC)c1. The van der Waals surface area contributed by atoms with Gasteiger partial charge >= 0.3 is 12.2 Å². The molecule has 2 aromatic carbocycles. The summed E-state index contributed by atoms with van der Waals surface area (Å²) in [7, 11) is 4.49. The fourth-order valence-electron chi connectivity index (χ4n) is 5.11. The van der Waals surface area contributed by atoms with Crippen molar-refractivity contribution in [3.8, 4) is 28.8 Å². The molecule has 3 aromatic heterocycles. The van der Waals surface area contributed by atoms with Crippen molar-refractivity contribution in [1.82, 2.24) is 35.3 Å². The van der Waals surface area contributed by atoms with Gasteiger partial charge in [0, 0.05) is 23.8 Å². The van der Waals surface area contributed by atoms with Gasteiger partial charge in [-0.05, 0) is 25.1 Å². The number of aromatic nitrogens is 5. The van der Waals surface area contributed by atoms with E-state index in [0.29, 0.717) is 33.9 Å². The third-order valence-corrected chi connectivity index (χ3v) is 7.54. The van der Waals surface area contributed by atoms with Gasteiger partial charge in [0.05, 0.1) is 62.6 Å². The lowest BCUT2D eigenvalue weighted by Crippen LogP contribution is -2.40. The van der Waals surface area contributed by atoms with Crippen molar-refractivity contribution in [2.45, 2.75) is 32.2 Å². The number of anilines is 1. The second kappa shape index (κ2) is 12.1. The van der Waals surface area contributed by atoms with E-state index in [1.54, 1.807) is 19.1 Å². The second-order valence-electron chi connectivity index (χ2n) is 10.5. The molecule has 6 rings (SSSR count). The summed E-state index contributed by atoms with van der Waals surface area (Å²) in [6.45, 7) is 1.71. The molecular weight excluding hydrogens is 625 g/mol. The van der Waals surface area contributed by atoms with Crippen molar-refractivity contribution in [2.24, 2.45) is 0 Å². The maximum absolute atomic E-state index is 13.5. The third-order valence-electron chi connectivity index (χ3n) is 7.54. The molecule has 3 N–H and O–H groups in total. The highest BCUT2D eigenvalue weighted by molar-refractivity contribution is 5.98. The average Bonchev–Trinajstić information content (AvgIpc) is 3.72. The number of hydrogen-bond acceptors (Lipinski definition) is 10. The molecule has 14 nitrogen and oxygen atoms in total. The van der Waals surface area contributed by atoms with Crippen LogP contribution in [0.4, 0.5) is 23.8 Å². The Hall–Kier alpha value is -5.87. The highest BCUT2D eigenvalue weighted by atomic mass is 19.4. The molecule has 0 saturated carbocycles. The number of benzene rings is 2. The number of fused-ring (bicyclic) bond motifs is 2. The molecular formula is C30H27F3N8O6. The van der Waals surface area contributed by atoms with Crippen molar-refractivity contribution in [2.75, 3.05) is 26.6 Å². The minimum absolute atomic E-state index is 0.00790. The van der Waals surface area contributed by atoms with E-state index in [1.165, 1.54) is 44.7 Å². The van der Waals surface area contributed by atoms with Gasteiger partial charge in [0.15, 0.2) is 11.6 Å². The van der Waals surface area contributed by atoms with Gasteiger partial charge in [0.25, 0.3) is 5.91 Å². The van der Waals surface area contributed by atoms with Crippen molar-refractivity contribution in [3.05, 3.63) is 70.9 Å². The van der Waals surface area contributed by atoms with E-state index in [4.69, 9.17) is 18.7 Å². The number of alkyl halides is 3. The van der Waals surface area contributed by atoms with Gasteiger partial charge in [-0.2, -0.15) is 13.2 Å². The maximum Gasteiger partial charge on any atom is 0.416 e. The number of halogens is 3. The van der Waals surface area contributed by atoms with Crippen LogP contribution < -0.4 is 24.8 Å². The number of rotatable bonds is 9. The molecule has 0 saturated heterocycles. The van der Waals surface area contributed by atoms with E-state index in [9.17, 15) is 22.8 Å². The van der Waals surface area contributed by atoms with E-state index < -0.39 is 29.7 Å². The van der Waals surface area contributed by atoms with Crippen LogP contribution >= 0.6 is 0 Å². The van der Waals surface area contributed by atoms with Crippen LogP contribution in [0.3, 0.4) is 0 Å². The summed E-state index contributed by atoms with van der Waals surface area (Å²) in [4.78, 5) is 43.4. The predicted molar refractivity (Wildman–Crippen MR) is 159 cm³/mol. The summed E-state index contributed by atoms with van der Waals surface area (Å²) < 4.78 is 61.1. The van der Waals surface area contributed by atoms with E-state index in [1.807, 2.05) is 0 Å². The molecule has 17 heteroatoms. The zero-order valence-electron chi connectivity index (χ0n) is 25.4. The molecule has 47 heavy (non-hydrogen) atoms. The highest BCUT2D eigenvalue weighted by Crippen LogP contribution is 2.37. The third kappa shape index (κ3) is 6.06. The summed E-state index contributed by atoms with van der Waals surface area (Å²) in [6, 6.07) is 6.86. The Morgan fingerprint density at radius 1 is 1.09 bits per heavy atom. The summed E-state index contributed by atoms with van der Waals surface area (Å²) in [6.07, 6.45) is -3.33.